The zero-order chi connectivity index (χ0) is 23.9. The van der Waals surface area contributed by atoms with Crippen molar-refractivity contribution in [2.24, 2.45) is 7.05 Å². The van der Waals surface area contributed by atoms with E-state index < -0.39 is 0 Å². The number of hydrogen-bond donors (Lipinski definition) is 2. The number of rotatable bonds is 8. The predicted molar refractivity (Wildman–Crippen MR) is 129 cm³/mol. The molecule has 2 saturated carbocycles. The van der Waals surface area contributed by atoms with Crippen LogP contribution in [0.2, 0.25) is 0 Å². The van der Waals surface area contributed by atoms with Gasteiger partial charge in [0.05, 0.1) is 66.8 Å². The Bertz CT molecular complexity index is 1290. The number of amides is 1. The third-order valence-corrected chi connectivity index (χ3v) is 6.59. The molecule has 1 aliphatic heterocycles. The number of nitrogens with one attached hydrogen (secondary N) is 2. The lowest BCUT2D eigenvalue weighted by molar-refractivity contribution is -0.0470. The molecule has 35 heavy (non-hydrogen) atoms. The smallest absolute Gasteiger partial charge is 0.274 e. The quantitative estimate of drug-likeness (QED) is 0.508. The van der Waals surface area contributed by atoms with Crippen molar-refractivity contribution in [2.75, 3.05) is 30.9 Å². The van der Waals surface area contributed by atoms with Crippen LogP contribution in [0, 0.1) is 0 Å². The summed E-state index contributed by atoms with van der Waals surface area (Å²) >= 11 is 0. The summed E-state index contributed by atoms with van der Waals surface area (Å²) in [6, 6.07) is 0.0801. The third kappa shape index (κ3) is 4.34. The molecule has 3 aromatic heterocycles. The molecule has 0 spiro atoms. The highest BCUT2D eigenvalue weighted by Gasteiger charge is 2.32. The summed E-state index contributed by atoms with van der Waals surface area (Å²) in [5, 5.41) is 11.2. The Kier molecular flexibility index (Phi) is 5.40. The zero-order valence-electron chi connectivity index (χ0n) is 19.7. The van der Waals surface area contributed by atoms with Crippen LogP contribution < -0.4 is 10.6 Å². The van der Waals surface area contributed by atoms with E-state index in [0.717, 1.165) is 48.5 Å². The lowest BCUT2D eigenvalue weighted by atomic mass is 10.2. The van der Waals surface area contributed by atoms with E-state index >= 15 is 0 Å². The van der Waals surface area contributed by atoms with Gasteiger partial charge in [-0.25, -0.2) is 19.9 Å². The van der Waals surface area contributed by atoms with Crippen molar-refractivity contribution in [1.82, 2.24) is 34.6 Å². The van der Waals surface area contributed by atoms with E-state index in [9.17, 15) is 4.79 Å². The summed E-state index contributed by atoms with van der Waals surface area (Å²) in [6.45, 7) is 1.11. The Labute approximate surface area is 202 Å². The minimum atomic E-state index is -0.0986. The fraction of sp³-hybridized carbons (Fsp3) is 0.417. The van der Waals surface area contributed by atoms with Crippen LogP contribution in [0.5, 0.6) is 0 Å². The number of anilines is 3. The van der Waals surface area contributed by atoms with Crippen LogP contribution in [-0.4, -0.2) is 66.8 Å². The van der Waals surface area contributed by atoms with Crippen molar-refractivity contribution >= 4 is 28.8 Å². The first-order valence-corrected chi connectivity index (χ1v) is 11.8. The van der Waals surface area contributed by atoms with Gasteiger partial charge < -0.3 is 20.3 Å². The number of carbonyl (C=O) groups is 1. The maximum atomic E-state index is 13.3. The summed E-state index contributed by atoms with van der Waals surface area (Å²) in [6.07, 6.45) is 12.6. The molecule has 0 bridgehead atoms. The van der Waals surface area contributed by atoms with Gasteiger partial charge in [-0.15, -0.1) is 0 Å². The highest BCUT2D eigenvalue weighted by Crippen LogP contribution is 2.42. The number of carbonyl (C=O) groups excluding carboxylic acids is 1. The molecular weight excluding hydrogens is 446 g/mol. The predicted octanol–water partition coefficient (Wildman–Crippen LogP) is 2.71. The molecule has 11 heteroatoms. The molecule has 0 unspecified atom stereocenters. The van der Waals surface area contributed by atoms with E-state index in [1.54, 1.807) is 42.3 Å². The highest BCUT2D eigenvalue weighted by atomic mass is 16.5. The Hall–Kier alpha value is -3.86. The first kappa shape index (κ1) is 21.7. The van der Waals surface area contributed by atoms with Crippen molar-refractivity contribution in [3.8, 4) is 0 Å². The molecule has 11 nitrogen and oxygen atoms in total. The standard InChI is InChI=1S/C24H27N9O2/c1-32(17-11-35-12-17)24(34)22-19(10-28-33(22)2)31-20(15-5-6-15)21-23(29-16-7-25-13-26-8-16)27-9-18(30-21)14-3-4-14/h7-10,13-14,17,31H,3-6,11-12H2,1-2H3,(H,27,29). The Morgan fingerprint density at radius 2 is 1.91 bits per heavy atom. The fourth-order valence-electron chi connectivity index (χ4n) is 4.07. The lowest BCUT2D eigenvalue weighted by Crippen LogP contribution is -2.50. The molecule has 2 aliphatic carbocycles. The Balaban J connectivity index is 1.36. The molecule has 6 rings (SSSR count). The summed E-state index contributed by atoms with van der Waals surface area (Å²) < 4.78 is 6.89. The topological polar surface area (TPSA) is 123 Å². The minimum absolute atomic E-state index is 0.0801. The average molecular weight is 474 g/mol. The van der Waals surface area contributed by atoms with Gasteiger partial charge in [0, 0.05) is 20.0 Å². The van der Waals surface area contributed by atoms with Crippen LogP contribution in [0.4, 0.5) is 17.2 Å². The summed E-state index contributed by atoms with van der Waals surface area (Å²) in [5.74, 6) is 0.972. The molecule has 3 fully saturated rings. The van der Waals surface area contributed by atoms with Crippen LogP contribution in [0.1, 0.15) is 53.5 Å². The van der Waals surface area contributed by atoms with E-state index in [0.29, 0.717) is 36.3 Å². The molecule has 3 aliphatic rings. The average Bonchev–Trinajstić information content (AvgIpc) is 3.75. The second-order valence-corrected chi connectivity index (χ2v) is 9.26. The fourth-order valence-corrected chi connectivity index (χ4v) is 4.07. The maximum absolute atomic E-state index is 13.3. The van der Waals surface area contributed by atoms with Crippen LogP contribution in [-0.2, 0) is 11.8 Å². The molecule has 0 atom stereocenters. The number of aromatic nitrogens is 6. The first-order chi connectivity index (χ1) is 17.1. The van der Waals surface area contributed by atoms with Gasteiger partial charge in [0.15, 0.2) is 5.82 Å². The van der Waals surface area contributed by atoms with Crippen LogP contribution >= 0.6 is 0 Å². The van der Waals surface area contributed by atoms with E-state index in [4.69, 9.17) is 14.7 Å². The minimum Gasteiger partial charge on any atom is -0.377 e. The summed E-state index contributed by atoms with van der Waals surface area (Å²) in [4.78, 5) is 33.0. The van der Waals surface area contributed by atoms with E-state index in [1.165, 1.54) is 11.9 Å². The lowest BCUT2D eigenvalue weighted by Gasteiger charge is -2.34. The van der Waals surface area contributed by atoms with Gasteiger partial charge in [-0.3, -0.25) is 9.48 Å². The summed E-state index contributed by atoms with van der Waals surface area (Å²) in [5.41, 5.74) is 5.70. The molecule has 0 radical (unpaired) electrons. The van der Waals surface area contributed by atoms with E-state index in [-0.39, 0.29) is 11.9 Å². The molecular formula is C24H27N9O2. The van der Waals surface area contributed by atoms with E-state index in [1.807, 2.05) is 6.20 Å². The normalized spacial score (nSPS) is 17.0. The molecule has 1 amide bonds. The SMILES string of the molecule is CN(C(=O)c1c(NC(=C2CC2)c2nc(C3CC3)cnc2Nc2cncnc2)cnn1C)C1COC1. The molecule has 2 N–H and O–H groups in total. The van der Waals surface area contributed by atoms with E-state index in [2.05, 4.69) is 25.7 Å². The van der Waals surface area contributed by atoms with Crippen molar-refractivity contribution in [3.63, 3.8) is 0 Å². The van der Waals surface area contributed by atoms with Crippen LogP contribution in [0.15, 0.2) is 36.7 Å². The Morgan fingerprint density at radius 1 is 1.14 bits per heavy atom. The van der Waals surface area contributed by atoms with Gasteiger partial charge in [0.1, 0.15) is 17.7 Å². The maximum Gasteiger partial charge on any atom is 0.274 e. The van der Waals surface area contributed by atoms with Gasteiger partial charge in [0.25, 0.3) is 5.91 Å². The Morgan fingerprint density at radius 3 is 2.57 bits per heavy atom. The zero-order valence-corrected chi connectivity index (χ0v) is 19.7. The second kappa shape index (κ2) is 8.73. The third-order valence-electron chi connectivity index (χ3n) is 6.59. The molecule has 0 aromatic carbocycles. The van der Waals surface area contributed by atoms with Crippen molar-refractivity contribution in [1.29, 1.82) is 0 Å². The molecule has 3 aromatic rings. The van der Waals surface area contributed by atoms with Crippen molar-refractivity contribution < 1.29 is 9.53 Å². The highest BCUT2D eigenvalue weighted by molar-refractivity contribution is 6.00. The number of nitrogens with zero attached hydrogens (tertiary/aromatic N) is 7. The van der Waals surface area contributed by atoms with Gasteiger partial charge in [0.2, 0.25) is 0 Å². The van der Waals surface area contributed by atoms with Crippen molar-refractivity contribution in [2.45, 2.75) is 37.6 Å². The first-order valence-electron chi connectivity index (χ1n) is 11.8. The van der Waals surface area contributed by atoms with Gasteiger partial charge in [-0.05, 0) is 31.3 Å². The molecule has 1 saturated heterocycles. The van der Waals surface area contributed by atoms with Gasteiger partial charge in [-0.2, -0.15) is 5.10 Å². The van der Waals surface area contributed by atoms with Gasteiger partial charge >= 0.3 is 0 Å². The second-order valence-electron chi connectivity index (χ2n) is 9.26. The largest absolute Gasteiger partial charge is 0.377 e. The van der Waals surface area contributed by atoms with Gasteiger partial charge in [-0.1, -0.05) is 0 Å². The number of ether oxygens (including phenoxy) is 1. The molecule has 180 valence electrons. The van der Waals surface area contributed by atoms with Crippen molar-refractivity contribution in [3.05, 3.63) is 53.8 Å². The number of hydrogen-bond acceptors (Lipinski definition) is 9. The van der Waals surface area contributed by atoms with Crippen LogP contribution in [0.25, 0.3) is 5.70 Å². The number of likely N-dealkylation sites (N-methyl/N-ethyl adjacent to an activating group) is 1. The number of allylic oxidation sites excluding steroid dienone is 1. The summed E-state index contributed by atoms with van der Waals surface area (Å²) in [7, 11) is 3.59. The monoisotopic (exact) mass is 473 g/mol. The number of aryl methyl sites for hydroxylation is 1. The molecule has 4 heterocycles. The van der Waals surface area contributed by atoms with Crippen LogP contribution in [0.3, 0.4) is 0 Å².